The van der Waals surface area contributed by atoms with Crippen molar-refractivity contribution in [1.82, 2.24) is 15.3 Å². The highest BCUT2D eigenvalue weighted by molar-refractivity contribution is 7.99. The fourth-order valence-corrected chi connectivity index (χ4v) is 3.38. The molecule has 7 heteroatoms. The molecule has 4 N–H and O–H groups in total. The molecule has 1 fully saturated rings. The van der Waals surface area contributed by atoms with Gasteiger partial charge >= 0.3 is 0 Å². The minimum Gasteiger partial charge on any atom is -0.383 e. The van der Waals surface area contributed by atoms with Crippen molar-refractivity contribution in [3.05, 3.63) is 16.4 Å². The van der Waals surface area contributed by atoms with Gasteiger partial charge in [-0.3, -0.25) is 9.59 Å². The molecule has 0 aromatic carbocycles. The largest absolute Gasteiger partial charge is 0.383 e. The van der Waals surface area contributed by atoms with Crippen LogP contribution < -0.4 is 16.6 Å². The van der Waals surface area contributed by atoms with Crippen molar-refractivity contribution in [2.45, 2.75) is 44.3 Å². The molecular formula is C14H22N4O2S. The third-order valence-corrected chi connectivity index (χ3v) is 5.01. The zero-order chi connectivity index (χ0) is 15.4. The number of amides is 1. The van der Waals surface area contributed by atoms with Crippen LogP contribution >= 0.6 is 11.8 Å². The highest BCUT2D eigenvalue weighted by Crippen LogP contribution is 2.29. The van der Waals surface area contributed by atoms with Crippen LogP contribution in [0.15, 0.2) is 16.0 Å². The van der Waals surface area contributed by atoms with Gasteiger partial charge in [-0.2, -0.15) is 0 Å². The number of carbonyl (C=O) groups is 1. The maximum atomic E-state index is 12.0. The molecule has 1 heterocycles. The van der Waals surface area contributed by atoms with E-state index >= 15 is 0 Å². The molecule has 0 radical (unpaired) electrons. The van der Waals surface area contributed by atoms with Crippen molar-refractivity contribution in [3.8, 4) is 0 Å². The summed E-state index contributed by atoms with van der Waals surface area (Å²) in [6.45, 7) is 4.43. The number of anilines is 1. The number of rotatable bonds is 4. The second kappa shape index (κ2) is 6.98. The summed E-state index contributed by atoms with van der Waals surface area (Å²) in [5.41, 5.74) is 5.20. The number of carbonyl (C=O) groups excluding carboxylic acids is 1. The maximum absolute atomic E-state index is 12.0. The average Bonchev–Trinajstić information content (AvgIpc) is 2.41. The standard InChI is InChI=1S/C14H22N4O2S/c1-8-4-3-5-10(9(8)2)16-13(20)7-21-14-17-11(15)6-12(19)18-14/h6,8-10H,3-5,7H2,1-2H3,(H,16,20)(H3,15,17,18,19). The summed E-state index contributed by atoms with van der Waals surface area (Å²) < 4.78 is 0. The molecule has 2 rings (SSSR count). The van der Waals surface area contributed by atoms with Crippen molar-refractivity contribution in [2.24, 2.45) is 11.8 Å². The van der Waals surface area contributed by atoms with Crippen molar-refractivity contribution in [2.75, 3.05) is 11.5 Å². The normalized spacial score (nSPS) is 25.5. The zero-order valence-corrected chi connectivity index (χ0v) is 13.2. The number of nitrogens with zero attached hydrogens (tertiary/aromatic N) is 1. The molecule has 3 atom stereocenters. The highest BCUT2D eigenvalue weighted by atomic mass is 32.2. The van der Waals surface area contributed by atoms with Gasteiger partial charge in [0.25, 0.3) is 5.56 Å². The zero-order valence-electron chi connectivity index (χ0n) is 12.4. The number of aromatic nitrogens is 2. The Morgan fingerprint density at radius 2 is 2.29 bits per heavy atom. The van der Waals surface area contributed by atoms with Crippen molar-refractivity contribution < 1.29 is 4.79 Å². The fourth-order valence-electron chi connectivity index (χ4n) is 2.69. The van der Waals surface area contributed by atoms with E-state index in [1.54, 1.807) is 0 Å². The third kappa shape index (κ3) is 4.49. The summed E-state index contributed by atoms with van der Waals surface area (Å²) >= 11 is 1.19. The van der Waals surface area contributed by atoms with Crippen LogP contribution in [0.3, 0.4) is 0 Å². The molecule has 21 heavy (non-hydrogen) atoms. The van der Waals surface area contributed by atoms with E-state index in [0.29, 0.717) is 17.0 Å². The van der Waals surface area contributed by atoms with E-state index in [1.165, 1.54) is 24.2 Å². The molecule has 3 unspecified atom stereocenters. The minimum absolute atomic E-state index is 0.0315. The smallest absolute Gasteiger partial charge is 0.253 e. The first kappa shape index (κ1) is 15.9. The Morgan fingerprint density at radius 3 is 3.00 bits per heavy atom. The number of nitrogens with one attached hydrogen (secondary N) is 2. The molecule has 1 aliphatic rings. The Labute approximate surface area is 128 Å². The fraction of sp³-hybridized carbons (Fsp3) is 0.643. The van der Waals surface area contributed by atoms with Gasteiger partial charge in [-0.15, -0.1) is 0 Å². The van der Waals surface area contributed by atoms with Gasteiger partial charge in [-0.05, 0) is 18.3 Å². The number of nitrogen functional groups attached to an aromatic ring is 1. The van der Waals surface area contributed by atoms with Gasteiger partial charge in [-0.1, -0.05) is 38.5 Å². The summed E-state index contributed by atoms with van der Waals surface area (Å²) in [5, 5.41) is 3.46. The lowest BCUT2D eigenvalue weighted by Crippen LogP contribution is -2.44. The lowest BCUT2D eigenvalue weighted by Gasteiger charge is -2.34. The Morgan fingerprint density at radius 1 is 1.52 bits per heavy atom. The van der Waals surface area contributed by atoms with Crippen molar-refractivity contribution in [3.63, 3.8) is 0 Å². The summed E-state index contributed by atoms with van der Waals surface area (Å²) in [4.78, 5) is 29.8. The van der Waals surface area contributed by atoms with Crippen molar-refractivity contribution >= 4 is 23.5 Å². The minimum atomic E-state index is -0.305. The first-order valence-corrected chi connectivity index (χ1v) is 8.23. The topological polar surface area (TPSA) is 101 Å². The highest BCUT2D eigenvalue weighted by Gasteiger charge is 2.27. The number of hydrogen-bond donors (Lipinski definition) is 3. The number of aromatic amines is 1. The molecule has 1 aromatic heterocycles. The van der Waals surface area contributed by atoms with Crippen LogP contribution in [0.5, 0.6) is 0 Å². The van der Waals surface area contributed by atoms with E-state index in [-0.39, 0.29) is 29.1 Å². The van der Waals surface area contributed by atoms with Crippen LogP contribution in [0.1, 0.15) is 33.1 Å². The second-order valence-electron chi connectivity index (χ2n) is 5.71. The molecule has 0 spiro atoms. The van der Waals surface area contributed by atoms with Gasteiger partial charge in [0, 0.05) is 12.1 Å². The Bertz CT molecular complexity index is 560. The van der Waals surface area contributed by atoms with Gasteiger partial charge in [0.1, 0.15) is 5.82 Å². The molecule has 0 bridgehead atoms. The van der Waals surface area contributed by atoms with Crippen LogP contribution in [-0.4, -0.2) is 27.7 Å². The van der Waals surface area contributed by atoms with Gasteiger partial charge in [0.15, 0.2) is 5.16 Å². The maximum Gasteiger partial charge on any atom is 0.253 e. The molecule has 6 nitrogen and oxygen atoms in total. The number of thioether (sulfide) groups is 1. The average molecular weight is 310 g/mol. The monoisotopic (exact) mass is 310 g/mol. The van der Waals surface area contributed by atoms with Crippen molar-refractivity contribution in [1.29, 1.82) is 0 Å². The molecule has 1 saturated carbocycles. The molecule has 1 aliphatic carbocycles. The Kier molecular flexibility index (Phi) is 5.27. The molecule has 0 saturated heterocycles. The summed E-state index contributed by atoms with van der Waals surface area (Å²) in [5.74, 6) is 1.50. The quantitative estimate of drug-likeness (QED) is 0.576. The predicted molar refractivity (Wildman–Crippen MR) is 84.1 cm³/mol. The van der Waals surface area contributed by atoms with Gasteiger partial charge < -0.3 is 16.0 Å². The molecule has 1 amide bonds. The van der Waals surface area contributed by atoms with Crippen LogP contribution in [0.4, 0.5) is 5.82 Å². The van der Waals surface area contributed by atoms with E-state index < -0.39 is 0 Å². The third-order valence-electron chi connectivity index (χ3n) is 4.13. The number of hydrogen-bond acceptors (Lipinski definition) is 5. The van der Waals surface area contributed by atoms with Gasteiger partial charge in [0.2, 0.25) is 5.91 Å². The van der Waals surface area contributed by atoms with E-state index in [0.717, 1.165) is 12.8 Å². The first-order valence-electron chi connectivity index (χ1n) is 7.24. The Balaban J connectivity index is 1.86. The van der Waals surface area contributed by atoms with Crippen LogP contribution in [0.2, 0.25) is 0 Å². The van der Waals surface area contributed by atoms with E-state index in [4.69, 9.17) is 5.73 Å². The molecule has 1 aromatic rings. The SMILES string of the molecule is CC1CCCC(NC(=O)CSc2nc(N)cc(=O)[nH]2)C1C. The number of nitrogens with two attached hydrogens (primary N) is 1. The Hall–Kier alpha value is -1.50. The predicted octanol–water partition coefficient (Wildman–Crippen LogP) is 1.39. The number of H-pyrrole nitrogens is 1. The molecule has 116 valence electrons. The van der Waals surface area contributed by atoms with Gasteiger partial charge in [-0.25, -0.2) is 4.98 Å². The molecule has 0 aliphatic heterocycles. The summed E-state index contributed by atoms with van der Waals surface area (Å²) in [6.07, 6.45) is 3.43. The van der Waals surface area contributed by atoms with Gasteiger partial charge in [0.05, 0.1) is 5.75 Å². The van der Waals surface area contributed by atoms with E-state index in [2.05, 4.69) is 29.1 Å². The summed E-state index contributed by atoms with van der Waals surface area (Å²) in [7, 11) is 0. The summed E-state index contributed by atoms with van der Waals surface area (Å²) in [6, 6.07) is 1.46. The molecular weight excluding hydrogens is 288 g/mol. The van der Waals surface area contributed by atoms with Crippen LogP contribution in [0.25, 0.3) is 0 Å². The second-order valence-corrected chi connectivity index (χ2v) is 6.67. The van der Waals surface area contributed by atoms with Crippen LogP contribution in [0, 0.1) is 11.8 Å². The van der Waals surface area contributed by atoms with Crippen LogP contribution in [-0.2, 0) is 4.79 Å². The lowest BCUT2D eigenvalue weighted by molar-refractivity contribution is -0.120. The first-order chi connectivity index (χ1) is 9.95. The lowest BCUT2D eigenvalue weighted by atomic mass is 9.78. The van der Waals surface area contributed by atoms with E-state index in [9.17, 15) is 9.59 Å². The van der Waals surface area contributed by atoms with E-state index in [1.807, 2.05) is 0 Å².